The Morgan fingerprint density at radius 1 is 0.644 bits per heavy atom. The number of aliphatic carboxylic acids is 1. The van der Waals surface area contributed by atoms with Crippen LogP contribution in [-0.2, 0) is 19.1 Å². The number of carboxylic acid groups (broad SMARTS) is 1. The number of amides is 1. The van der Waals surface area contributed by atoms with Gasteiger partial charge in [0.15, 0.2) is 0 Å². The topological polar surface area (TPSA) is 119 Å². The van der Waals surface area contributed by atoms with E-state index in [1.54, 1.807) is 0 Å². The van der Waals surface area contributed by atoms with Crippen LogP contribution < -0.4 is 11.1 Å². The monoisotopic (exact) mass is 635 g/mol. The first-order chi connectivity index (χ1) is 21.9. The van der Waals surface area contributed by atoms with Gasteiger partial charge in [0.2, 0.25) is 5.91 Å². The molecule has 45 heavy (non-hydrogen) atoms. The molecule has 7 heteroatoms. The van der Waals surface area contributed by atoms with Crippen LogP contribution in [0.15, 0.2) is 24.3 Å². The number of carbonyl (C=O) groups excluding carboxylic acids is 2. The summed E-state index contributed by atoms with van der Waals surface area (Å²) in [6, 6.07) is -0.862. The van der Waals surface area contributed by atoms with Crippen LogP contribution in [0.5, 0.6) is 0 Å². The standard InChI is InChI=1S/C38H70N2O5/c1-3-5-7-9-10-11-12-13-14-15-16-17-18-19-20-26-32-37(42)45-34(28-23-8-6-4-2)29-24-21-22-25-31-36(41)40-35(38(43)44)30-27-33-39/h11-12,14-15,34-35H,3-10,13,16-33,39H2,1-2H3,(H,40,41)(H,43,44)/b12-11-,15-14-. The van der Waals surface area contributed by atoms with Gasteiger partial charge >= 0.3 is 11.9 Å². The van der Waals surface area contributed by atoms with Crippen molar-refractivity contribution >= 4 is 17.8 Å². The highest BCUT2D eigenvalue weighted by Crippen LogP contribution is 2.18. The SMILES string of the molecule is CCCCCC/C=C\C/C=C\CCCCCCCC(=O)OC(CCCCCC)CCCCCCC(=O)NC(CCCN)C(=O)O. The van der Waals surface area contributed by atoms with E-state index in [0.29, 0.717) is 32.2 Å². The fourth-order valence-corrected chi connectivity index (χ4v) is 5.42. The maximum atomic E-state index is 12.6. The zero-order valence-corrected chi connectivity index (χ0v) is 29.2. The van der Waals surface area contributed by atoms with Gasteiger partial charge in [0.1, 0.15) is 12.1 Å². The van der Waals surface area contributed by atoms with Crippen molar-refractivity contribution in [2.24, 2.45) is 5.73 Å². The van der Waals surface area contributed by atoms with E-state index < -0.39 is 12.0 Å². The van der Waals surface area contributed by atoms with Crippen LogP contribution >= 0.6 is 0 Å². The van der Waals surface area contributed by atoms with Gasteiger partial charge in [-0.25, -0.2) is 4.79 Å². The fourth-order valence-electron chi connectivity index (χ4n) is 5.42. The van der Waals surface area contributed by atoms with Crippen LogP contribution in [0.3, 0.4) is 0 Å². The lowest BCUT2D eigenvalue weighted by Gasteiger charge is -2.18. The van der Waals surface area contributed by atoms with Crippen molar-refractivity contribution < 1.29 is 24.2 Å². The Bertz CT molecular complexity index is 767. The molecule has 4 N–H and O–H groups in total. The van der Waals surface area contributed by atoms with Crippen LogP contribution in [0.4, 0.5) is 0 Å². The molecular formula is C38H70N2O5. The Balaban J connectivity index is 4.07. The average molecular weight is 635 g/mol. The summed E-state index contributed by atoms with van der Waals surface area (Å²) in [5.41, 5.74) is 5.46. The number of rotatable bonds is 33. The number of carbonyl (C=O) groups is 3. The van der Waals surface area contributed by atoms with Gasteiger partial charge in [-0.05, 0) is 90.0 Å². The first-order valence-electron chi connectivity index (χ1n) is 18.7. The molecule has 2 atom stereocenters. The summed E-state index contributed by atoms with van der Waals surface area (Å²) < 4.78 is 5.92. The summed E-state index contributed by atoms with van der Waals surface area (Å²) in [6.45, 7) is 4.86. The number of nitrogens with one attached hydrogen (secondary N) is 1. The molecule has 262 valence electrons. The summed E-state index contributed by atoms with van der Waals surface area (Å²) >= 11 is 0. The molecule has 0 bridgehead atoms. The van der Waals surface area contributed by atoms with Gasteiger partial charge < -0.3 is 20.9 Å². The van der Waals surface area contributed by atoms with E-state index in [-0.39, 0.29) is 18.0 Å². The molecule has 0 aromatic carbocycles. The van der Waals surface area contributed by atoms with Gasteiger partial charge in [0.05, 0.1) is 0 Å². The molecule has 0 fully saturated rings. The molecular weight excluding hydrogens is 564 g/mol. The second kappa shape index (κ2) is 33.2. The van der Waals surface area contributed by atoms with Crippen molar-refractivity contribution in [1.29, 1.82) is 0 Å². The highest BCUT2D eigenvalue weighted by Gasteiger charge is 2.19. The van der Waals surface area contributed by atoms with Crippen LogP contribution in [0.1, 0.15) is 181 Å². The normalized spacial score (nSPS) is 13.0. The average Bonchev–Trinajstić information content (AvgIpc) is 3.02. The van der Waals surface area contributed by atoms with Crippen molar-refractivity contribution in [3.05, 3.63) is 24.3 Å². The van der Waals surface area contributed by atoms with E-state index in [9.17, 15) is 19.5 Å². The van der Waals surface area contributed by atoms with E-state index in [1.165, 1.54) is 70.6 Å². The molecule has 1 amide bonds. The van der Waals surface area contributed by atoms with Crippen molar-refractivity contribution in [3.63, 3.8) is 0 Å². The predicted octanol–water partition coefficient (Wildman–Crippen LogP) is 9.72. The van der Waals surface area contributed by atoms with Gasteiger partial charge in [-0.15, -0.1) is 0 Å². The third-order valence-electron chi connectivity index (χ3n) is 8.27. The smallest absolute Gasteiger partial charge is 0.326 e. The van der Waals surface area contributed by atoms with E-state index in [0.717, 1.165) is 70.6 Å². The summed E-state index contributed by atoms with van der Waals surface area (Å²) in [7, 11) is 0. The van der Waals surface area contributed by atoms with Gasteiger partial charge in [0, 0.05) is 12.8 Å². The molecule has 0 radical (unpaired) electrons. The first kappa shape index (κ1) is 42.9. The third-order valence-corrected chi connectivity index (χ3v) is 8.27. The van der Waals surface area contributed by atoms with E-state index in [1.807, 2.05) is 0 Å². The maximum absolute atomic E-state index is 12.6. The van der Waals surface area contributed by atoms with Gasteiger partial charge in [-0.2, -0.15) is 0 Å². The first-order valence-corrected chi connectivity index (χ1v) is 18.7. The molecule has 0 aliphatic heterocycles. The maximum Gasteiger partial charge on any atom is 0.326 e. The number of ether oxygens (including phenoxy) is 1. The second-order valence-electron chi connectivity index (χ2n) is 12.6. The van der Waals surface area contributed by atoms with Crippen LogP contribution in [0.2, 0.25) is 0 Å². The van der Waals surface area contributed by atoms with E-state index in [4.69, 9.17) is 10.5 Å². The minimum Gasteiger partial charge on any atom is -0.480 e. The number of allylic oxidation sites excluding steroid dienone is 4. The highest BCUT2D eigenvalue weighted by atomic mass is 16.5. The largest absolute Gasteiger partial charge is 0.480 e. The van der Waals surface area contributed by atoms with Crippen LogP contribution in [0.25, 0.3) is 0 Å². The Morgan fingerprint density at radius 3 is 1.73 bits per heavy atom. The molecule has 0 rings (SSSR count). The summed E-state index contributed by atoms with van der Waals surface area (Å²) in [4.78, 5) is 36.0. The predicted molar refractivity (Wildman–Crippen MR) is 188 cm³/mol. The minimum atomic E-state index is -1.01. The Hall–Kier alpha value is -2.15. The van der Waals surface area contributed by atoms with Crippen molar-refractivity contribution in [2.75, 3.05) is 6.54 Å². The molecule has 0 saturated heterocycles. The number of hydrogen-bond donors (Lipinski definition) is 3. The quantitative estimate of drug-likeness (QED) is 0.0376. The number of nitrogens with two attached hydrogens (primary N) is 1. The molecule has 0 aliphatic carbocycles. The summed E-state index contributed by atoms with van der Waals surface area (Å²) in [5.74, 6) is -1.29. The minimum absolute atomic E-state index is 0.0146. The third kappa shape index (κ3) is 30.3. The van der Waals surface area contributed by atoms with E-state index >= 15 is 0 Å². The number of carboxylic acids is 1. The molecule has 0 heterocycles. The summed E-state index contributed by atoms with van der Waals surface area (Å²) in [6.07, 6.45) is 35.2. The lowest BCUT2D eigenvalue weighted by molar-refractivity contribution is -0.150. The Morgan fingerprint density at radius 2 is 1.16 bits per heavy atom. The fraction of sp³-hybridized carbons (Fsp3) is 0.816. The molecule has 0 aliphatic rings. The molecule has 0 saturated carbocycles. The Kier molecular flexibility index (Phi) is 31.6. The number of esters is 1. The molecule has 2 unspecified atom stereocenters. The molecule has 0 aromatic heterocycles. The van der Waals surface area contributed by atoms with Crippen molar-refractivity contribution in [1.82, 2.24) is 5.32 Å². The van der Waals surface area contributed by atoms with Crippen molar-refractivity contribution in [2.45, 2.75) is 193 Å². The lowest BCUT2D eigenvalue weighted by atomic mass is 10.0. The Labute approximate surface area is 276 Å². The zero-order chi connectivity index (χ0) is 33.2. The van der Waals surface area contributed by atoms with Gasteiger partial charge in [-0.3, -0.25) is 9.59 Å². The van der Waals surface area contributed by atoms with Crippen LogP contribution in [0, 0.1) is 0 Å². The zero-order valence-electron chi connectivity index (χ0n) is 29.2. The second-order valence-corrected chi connectivity index (χ2v) is 12.6. The van der Waals surface area contributed by atoms with E-state index in [2.05, 4.69) is 43.5 Å². The van der Waals surface area contributed by atoms with Crippen LogP contribution in [-0.4, -0.2) is 41.6 Å². The van der Waals surface area contributed by atoms with Gasteiger partial charge in [-0.1, -0.05) is 109 Å². The lowest BCUT2D eigenvalue weighted by Crippen LogP contribution is -2.40. The molecule has 0 spiro atoms. The van der Waals surface area contributed by atoms with Crippen molar-refractivity contribution in [3.8, 4) is 0 Å². The number of hydrogen-bond acceptors (Lipinski definition) is 5. The van der Waals surface area contributed by atoms with Gasteiger partial charge in [0.25, 0.3) is 0 Å². The molecule has 0 aromatic rings. The summed E-state index contributed by atoms with van der Waals surface area (Å²) in [5, 5.41) is 11.9. The highest BCUT2D eigenvalue weighted by molar-refractivity contribution is 5.83. The number of unbranched alkanes of at least 4 members (excludes halogenated alkanes) is 15. The molecule has 7 nitrogen and oxygen atoms in total.